The molecule has 2 heterocycles. The topological polar surface area (TPSA) is 72.4 Å². The molecular weight excluding hydrogens is 434 g/mol. The van der Waals surface area contributed by atoms with Gasteiger partial charge in [0.25, 0.3) is 0 Å². The molecule has 1 aromatic heterocycles. The van der Waals surface area contributed by atoms with E-state index in [0.29, 0.717) is 22.6 Å². The molecule has 0 radical (unpaired) electrons. The van der Waals surface area contributed by atoms with Gasteiger partial charge >= 0.3 is 0 Å². The third kappa shape index (κ3) is 4.47. The van der Waals surface area contributed by atoms with Gasteiger partial charge in [-0.3, -0.25) is 0 Å². The number of hydrogen-bond acceptors (Lipinski definition) is 6. The van der Waals surface area contributed by atoms with Crippen LogP contribution in [0, 0.1) is 17.8 Å². The minimum absolute atomic E-state index is 0.158. The predicted octanol–water partition coefficient (Wildman–Crippen LogP) is 4.26. The number of aryl methyl sites for hydroxylation is 1. The molecule has 1 saturated heterocycles. The molecule has 33 heavy (non-hydrogen) atoms. The second-order valence-electron chi connectivity index (χ2n) is 9.20. The van der Waals surface area contributed by atoms with Crippen molar-refractivity contribution in [1.82, 2.24) is 9.97 Å². The minimum atomic E-state index is -3.18. The third-order valence-corrected chi connectivity index (χ3v) is 8.11. The van der Waals surface area contributed by atoms with Crippen LogP contribution in [0.1, 0.15) is 19.4 Å². The highest BCUT2D eigenvalue weighted by molar-refractivity contribution is 7.90. The molecule has 1 saturated carbocycles. The average Bonchev–Trinajstić information content (AvgIpc) is 3.33. The Labute approximate surface area is 195 Å². The van der Waals surface area contributed by atoms with Crippen LogP contribution in [0.4, 0.5) is 5.95 Å². The average molecular weight is 464 g/mol. The largest absolute Gasteiger partial charge is 0.490 e. The highest BCUT2D eigenvalue weighted by Gasteiger charge is 2.59. The van der Waals surface area contributed by atoms with E-state index in [1.54, 1.807) is 12.1 Å². The molecule has 7 heteroatoms. The highest BCUT2D eigenvalue weighted by Crippen LogP contribution is 2.54. The molecule has 2 fully saturated rings. The second kappa shape index (κ2) is 8.45. The zero-order valence-corrected chi connectivity index (χ0v) is 20.0. The summed E-state index contributed by atoms with van der Waals surface area (Å²) in [4.78, 5) is 11.7. The lowest BCUT2D eigenvalue weighted by atomic mass is 10.1. The van der Waals surface area contributed by atoms with Gasteiger partial charge < -0.3 is 9.64 Å². The predicted molar refractivity (Wildman–Crippen MR) is 129 cm³/mol. The summed E-state index contributed by atoms with van der Waals surface area (Å²) in [5, 5.41) is 0. The molecule has 0 amide bonds. The molecule has 3 atom stereocenters. The van der Waals surface area contributed by atoms with Gasteiger partial charge in [-0.1, -0.05) is 31.2 Å². The number of aromatic nitrogens is 2. The molecule has 0 spiro atoms. The quantitative estimate of drug-likeness (QED) is 0.521. The van der Waals surface area contributed by atoms with Gasteiger partial charge in [0.15, 0.2) is 9.84 Å². The number of ether oxygens (including phenoxy) is 1. The van der Waals surface area contributed by atoms with Crippen LogP contribution in [-0.2, 0) is 16.3 Å². The van der Waals surface area contributed by atoms with E-state index in [-0.39, 0.29) is 6.10 Å². The summed E-state index contributed by atoms with van der Waals surface area (Å²) in [5.74, 6) is 3.55. The van der Waals surface area contributed by atoms with Gasteiger partial charge in [0.2, 0.25) is 5.95 Å². The number of fused-ring (bicyclic) bond motifs is 1. The smallest absolute Gasteiger partial charge is 0.225 e. The van der Waals surface area contributed by atoms with Gasteiger partial charge in [0, 0.05) is 37.7 Å². The van der Waals surface area contributed by atoms with Crippen LogP contribution < -0.4 is 9.64 Å². The molecule has 1 aliphatic carbocycles. The molecule has 0 bridgehead atoms. The van der Waals surface area contributed by atoms with Crippen molar-refractivity contribution in [1.29, 1.82) is 0 Å². The van der Waals surface area contributed by atoms with E-state index in [4.69, 9.17) is 4.74 Å². The molecule has 5 rings (SSSR count). The van der Waals surface area contributed by atoms with Crippen LogP contribution in [0.2, 0.25) is 0 Å². The van der Waals surface area contributed by atoms with Crippen LogP contribution in [0.5, 0.6) is 5.75 Å². The maximum Gasteiger partial charge on any atom is 0.225 e. The summed E-state index contributed by atoms with van der Waals surface area (Å²) in [6, 6.07) is 15.0. The third-order valence-electron chi connectivity index (χ3n) is 6.98. The number of sulfone groups is 1. The highest BCUT2D eigenvalue weighted by atomic mass is 32.2. The Balaban J connectivity index is 1.17. The van der Waals surface area contributed by atoms with Crippen LogP contribution in [0.15, 0.2) is 65.8 Å². The van der Waals surface area contributed by atoms with E-state index >= 15 is 0 Å². The van der Waals surface area contributed by atoms with Gasteiger partial charge in [-0.25, -0.2) is 18.4 Å². The van der Waals surface area contributed by atoms with Crippen LogP contribution in [-0.4, -0.2) is 43.8 Å². The number of anilines is 1. The molecule has 1 aliphatic heterocycles. The Hall–Kier alpha value is -2.93. The van der Waals surface area contributed by atoms with E-state index in [2.05, 4.69) is 28.7 Å². The first kappa shape index (κ1) is 21.9. The first-order chi connectivity index (χ1) is 15.8. The van der Waals surface area contributed by atoms with Gasteiger partial charge in [-0.05, 0) is 66.1 Å². The van der Waals surface area contributed by atoms with E-state index in [0.717, 1.165) is 42.3 Å². The standard InChI is InChI=1S/C26H29N3O3S/c1-4-18-13-27-26(28-14-18)29-15-23-24(16-29)25(23)17(2)32-21-9-5-19(6-10-21)20-7-11-22(12-8-20)33(3,30)31/h5-14,17,23-25H,4,15-16H2,1-3H3. The van der Waals surface area contributed by atoms with E-state index < -0.39 is 9.84 Å². The molecule has 3 aromatic rings. The van der Waals surface area contributed by atoms with Crippen molar-refractivity contribution in [2.45, 2.75) is 31.3 Å². The summed E-state index contributed by atoms with van der Waals surface area (Å²) in [5.41, 5.74) is 3.18. The van der Waals surface area contributed by atoms with E-state index in [9.17, 15) is 8.42 Å². The minimum Gasteiger partial charge on any atom is -0.490 e. The van der Waals surface area contributed by atoms with Gasteiger partial charge in [0.05, 0.1) is 11.0 Å². The summed E-state index contributed by atoms with van der Waals surface area (Å²) in [6.45, 7) is 6.27. The Morgan fingerprint density at radius 3 is 2.03 bits per heavy atom. The van der Waals surface area contributed by atoms with Crippen LogP contribution in [0.25, 0.3) is 11.1 Å². The lowest BCUT2D eigenvalue weighted by molar-refractivity contribution is 0.183. The molecule has 172 valence electrons. The van der Waals surface area contributed by atoms with Crippen molar-refractivity contribution < 1.29 is 13.2 Å². The van der Waals surface area contributed by atoms with Crippen molar-refractivity contribution in [3.63, 3.8) is 0 Å². The monoisotopic (exact) mass is 463 g/mol. The van der Waals surface area contributed by atoms with Crippen molar-refractivity contribution in [2.24, 2.45) is 17.8 Å². The Morgan fingerprint density at radius 2 is 1.52 bits per heavy atom. The van der Waals surface area contributed by atoms with Crippen molar-refractivity contribution in [3.05, 3.63) is 66.5 Å². The summed E-state index contributed by atoms with van der Waals surface area (Å²) >= 11 is 0. The number of hydrogen-bond donors (Lipinski definition) is 0. The molecule has 0 N–H and O–H groups in total. The maximum absolute atomic E-state index is 11.6. The SMILES string of the molecule is CCc1cnc(N2CC3C(C2)C3C(C)Oc2ccc(-c3ccc(S(C)(=O)=O)cc3)cc2)nc1. The molecule has 2 aliphatic rings. The first-order valence-electron chi connectivity index (χ1n) is 11.5. The number of rotatable bonds is 7. The molecule has 6 nitrogen and oxygen atoms in total. The Kier molecular flexibility index (Phi) is 5.60. The number of nitrogens with zero attached hydrogens (tertiary/aromatic N) is 3. The van der Waals surface area contributed by atoms with E-state index in [1.807, 2.05) is 48.8 Å². The summed E-state index contributed by atoms with van der Waals surface area (Å²) < 4.78 is 29.6. The van der Waals surface area contributed by atoms with Crippen molar-refractivity contribution >= 4 is 15.8 Å². The first-order valence-corrected chi connectivity index (χ1v) is 13.4. The second-order valence-corrected chi connectivity index (χ2v) is 11.2. The lowest BCUT2D eigenvalue weighted by Crippen LogP contribution is -2.29. The zero-order valence-electron chi connectivity index (χ0n) is 19.2. The van der Waals surface area contributed by atoms with Crippen molar-refractivity contribution in [3.8, 4) is 16.9 Å². The molecular formula is C26H29N3O3S. The fourth-order valence-corrected chi connectivity index (χ4v) is 5.67. The molecule has 3 unspecified atom stereocenters. The number of benzene rings is 2. The molecule has 2 aromatic carbocycles. The number of piperidine rings is 1. The summed E-state index contributed by atoms with van der Waals surface area (Å²) in [7, 11) is -3.18. The van der Waals surface area contributed by atoms with Crippen molar-refractivity contribution in [2.75, 3.05) is 24.2 Å². The van der Waals surface area contributed by atoms with Crippen LogP contribution >= 0.6 is 0 Å². The van der Waals surface area contributed by atoms with Crippen LogP contribution in [0.3, 0.4) is 0 Å². The fraction of sp³-hybridized carbons (Fsp3) is 0.385. The van der Waals surface area contributed by atoms with E-state index in [1.165, 1.54) is 11.8 Å². The fourth-order valence-electron chi connectivity index (χ4n) is 5.04. The zero-order chi connectivity index (χ0) is 23.2. The van der Waals surface area contributed by atoms with Gasteiger partial charge in [0.1, 0.15) is 5.75 Å². The maximum atomic E-state index is 11.6. The normalized spacial score (nSPS) is 22.6. The Bertz CT molecular complexity index is 1210. The summed E-state index contributed by atoms with van der Waals surface area (Å²) in [6.07, 6.45) is 6.20. The van der Waals surface area contributed by atoms with Gasteiger partial charge in [-0.2, -0.15) is 0 Å². The Morgan fingerprint density at radius 1 is 0.970 bits per heavy atom. The van der Waals surface area contributed by atoms with Gasteiger partial charge in [-0.15, -0.1) is 0 Å². The lowest BCUT2D eigenvalue weighted by Gasteiger charge is -2.22.